The van der Waals surface area contributed by atoms with Crippen molar-refractivity contribution in [1.29, 1.82) is 0 Å². The van der Waals surface area contributed by atoms with E-state index in [2.05, 4.69) is 16.4 Å². The molecule has 1 aromatic rings. The minimum Gasteiger partial charge on any atom is -0.478 e. The molecule has 3 rings (SSSR count). The zero-order chi connectivity index (χ0) is 28.2. The van der Waals surface area contributed by atoms with Gasteiger partial charge in [-0.2, -0.15) is 0 Å². The lowest BCUT2D eigenvalue weighted by molar-refractivity contribution is -0.384. The minimum absolute atomic E-state index is 0. The van der Waals surface area contributed by atoms with Gasteiger partial charge in [0.25, 0.3) is 5.69 Å². The molecule has 0 amide bonds. The minimum atomic E-state index is -1.19. The number of benzene rings is 1. The Labute approximate surface area is 248 Å². The molecule has 0 bridgehead atoms. The summed E-state index contributed by atoms with van der Waals surface area (Å²) in [7, 11) is 1.69. The lowest BCUT2D eigenvalue weighted by Crippen LogP contribution is -2.49. The Hall–Kier alpha value is -2.92. The summed E-state index contributed by atoms with van der Waals surface area (Å²) >= 11 is 0. The summed E-state index contributed by atoms with van der Waals surface area (Å²) in [4.78, 5) is 43.2. The Morgan fingerprint density at radius 1 is 1.12 bits per heavy atom. The maximum atomic E-state index is 13.6. The van der Waals surface area contributed by atoms with Crippen molar-refractivity contribution in [3.05, 3.63) is 75.1 Å². The number of allylic oxidation sites excluding steroid dienone is 2. The second kappa shape index (κ2) is 14.6. The monoisotopic (exact) mass is 598 g/mol. The first-order valence-electron chi connectivity index (χ1n) is 12.7. The van der Waals surface area contributed by atoms with Crippen molar-refractivity contribution >= 4 is 42.4 Å². The van der Waals surface area contributed by atoms with Gasteiger partial charge >= 0.3 is 11.9 Å². The molecule has 1 saturated heterocycles. The molecule has 2 aliphatic rings. The number of carboxylic acids is 1. The third kappa shape index (κ3) is 8.06. The molecule has 1 unspecified atom stereocenters. The predicted octanol–water partition coefficient (Wildman–Crippen LogP) is 4.47. The summed E-state index contributed by atoms with van der Waals surface area (Å²) in [6.45, 7) is 16.8. The van der Waals surface area contributed by atoms with Crippen LogP contribution in [-0.4, -0.2) is 89.6 Å². The highest BCUT2D eigenvalue weighted by molar-refractivity contribution is 5.99. The van der Waals surface area contributed by atoms with Gasteiger partial charge in [-0.05, 0) is 19.4 Å². The Balaban J connectivity index is 0.00000400. The molecular weight excluding hydrogens is 559 g/mol. The average molecular weight is 600 g/mol. The smallest absolute Gasteiger partial charge is 0.336 e. The lowest BCUT2D eigenvalue weighted by Gasteiger charge is -2.39. The molecule has 0 radical (unpaired) electrons. The molecule has 1 fully saturated rings. The third-order valence-corrected chi connectivity index (χ3v) is 7.33. The van der Waals surface area contributed by atoms with Crippen LogP contribution in [0.1, 0.15) is 39.2 Å². The molecule has 0 aliphatic carbocycles. The SMILES string of the molecule is C=CCN1CCN(CC(C)(C)COC(=O)C2=C(C)N(C)C(C)=C(C(=O)O)C2c2cccc([N+](=O)[O-])c2)CC1.Cl.Cl. The van der Waals surface area contributed by atoms with E-state index in [9.17, 15) is 24.8 Å². The number of carbonyl (C=O) groups excluding carboxylic acids is 1. The Morgan fingerprint density at radius 2 is 1.70 bits per heavy atom. The number of halogens is 2. The summed E-state index contributed by atoms with van der Waals surface area (Å²) in [5.74, 6) is -2.82. The maximum absolute atomic E-state index is 13.6. The van der Waals surface area contributed by atoms with Gasteiger partial charge in [0.15, 0.2) is 0 Å². The number of piperazine rings is 1. The van der Waals surface area contributed by atoms with E-state index >= 15 is 0 Å². The fourth-order valence-electron chi connectivity index (χ4n) is 5.17. The summed E-state index contributed by atoms with van der Waals surface area (Å²) in [6, 6.07) is 5.76. The normalized spacial score (nSPS) is 18.5. The van der Waals surface area contributed by atoms with E-state index in [1.54, 1.807) is 31.9 Å². The van der Waals surface area contributed by atoms with Gasteiger partial charge < -0.3 is 19.6 Å². The van der Waals surface area contributed by atoms with Crippen LogP contribution in [0.2, 0.25) is 0 Å². The molecule has 2 heterocycles. The van der Waals surface area contributed by atoms with E-state index in [4.69, 9.17) is 4.74 Å². The van der Waals surface area contributed by atoms with Crippen LogP contribution in [0.5, 0.6) is 0 Å². The number of esters is 1. The number of nitrogens with zero attached hydrogens (tertiary/aromatic N) is 4. The van der Waals surface area contributed by atoms with Crippen LogP contribution >= 0.6 is 24.8 Å². The molecule has 12 heteroatoms. The molecule has 40 heavy (non-hydrogen) atoms. The number of carboxylic acid groups (broad SMARTS) is 1. The van der Waals surface area contributed by atoms with Crippen LogP contribution in [0.15, 0.2) is 59.5 Å². The summed E-state index contributed by atoms with van der Waals surface area (Å²) in [5.41, 5.74) is 1.000. The Morgan fingerprint density at radius 3 is 2.25 bits per heavy atom. The van der Waals surface area contributed by atoms with Gasteiger partial charge in [0.2, 0.25) is 0 Å². The first-order chi connectivity index (χ1) is 17.9. The lowest BCUT2D eigenvalue weighted by atomic mass is 9.79. The highest BCUT2D eigenvalue weighted by atomic mass is 35.5. The molecule has 1 atom stereocenters. The second-order valence-corrected chi connectivity index (χ2v) is 10.8. The number of hydrogen-bond donors (Lipinski definition) is 1. The first-order valence-corrected chi connectivity index (χ1v) is 12.7. The van der Waals surface area contributed by atoms with Crippen molar-refractivity contribution < 1.29 is 24.4 Å². The van der Waals surface area contributed by atoms with Crippen molar-refractivity contribution in [3.8, 4) is 0 Å². The van der Waals surface area contributed by atoms with Crippen molar-refractivity contribution in [2.24, 2.45) is 5.41 Å². The van der Waals surface area contributed by atoms with Crippen LogP contribution in [0, 0.1) is 15.5 Å². The van der Waals surface area contributed by atoms with E-state index in [1.165, 1.54) is 18.2 Å². The molecule has 0 aromatic heterocycles. The van der Waals surface area contributed by atoms with Crippen molar-refractivity contribution in [1.82, 2.24) is 14.7 Å². The topological polar surface area (TPSA) is 116 Å². The standard InChI is InChI=1S/C28H38N4O6.2ClH/c1-7-11-30-12-14-31(15-13-30)17-28(4,5)18-38-27(35)24-20(3)29(6)19(2)23(26(33)34)25(24)21-9-8-10-22(16-21)32(36)37;;/h7-10,16,25H,1,11-15,17-18H2,2-6H3,(H,33,34);2*1H. The van der Waals surface area contributed by atoms with E-state index in [1.807, 2.05) is 19.9 Å². The van der Waals surface area contributed by atoms with Crippen LogP contribution in [0.25, 0.3) is 0 Å². The van der Waals surface area contributed by atoms with Crippen molar-refractivity contribution in [2.45, 2.75) is 33.6 Å². The summed E-state index contributed by atoms with van der Waals surface area (Å²) in [5, 5.41) is 21.5. The van der Waals surface area contributed by atoms with Crippen molar-refractivity contribution in [3.63, 3.8) is 0 Å². The number of carbonyl (C=O) groups is 2. The van der Waals surface area contributed by atoms with E-state index in [0.29, 0.717) is 17.0 Å². The summed E-state index contributed by atoms with van der Waals surface area (Å²) in [6.07, 6.45) is 1.91. The molecule has 0 spiro atoms. The number of ether oxygens (including phenoxy) is 1. The highest BCUT2D eigenvalue weighted by Crippen LogP contribution is 2.42. The molecular formula is C28H40Cl2N4O6. The number of rotatable bonds is 10. The maximum Gasteiger partial charge on any atom is 0.336 e. The predicted molar refractivity (Wildman–Crippen MR) is 159 cm³/mol. The zero-order valence-electron chi connectivity index (χ0n) is 23.7. The molecule has 0 saturated carbocycles. The van der Waals surface area contributed by atoms with Crippen molar-refractivity contribution in [2.75, 3.05) is 52.9 Å². The van der Waals surface area contributed by atoms with Gasteiger partial charge in [0, 0.05) is 75.3 Å². The molecule has 1 N–H and O–H groups in total. The molecule has 222 valence electrons. The largest absolute Gasteiger partial charge is 0.478 e. The van der Waals surface area contributed by atoms with Crippen LogP contribution < -0.4 is 0 Å². The third-order valence-electron chi connectivity index (χ3n) is 7.33. The van der Waals surface area contributed by atoms with Gasteiger partial charge in [0.1, 0.15) is 0 Å². The first kappa shape index (κ1) is 35.1. The van der Waals surface area contributed by atoms with Gasteiger partial charge in [-0.3, -0.25) is 15.0 Å². The second-order valence-electron chi connectivity index (χ2n) is 10.8. The van der Waals surface area contributed by atoms with Crippen LogP contribution in [0.4, 0.5) is 5.69 Å². The number of nitro benzene ring substituents is 1. The van der Waals surface area contributed by atoms with E-state index in [0.717, 1.165) is 39.3 Å². The molecule has 1 aromatic carbocycles. The quantitative estimate of drug-likeness (QED) is 0.180. The highest BCUT2D eigenvalue weighted by Gasteiger charge is 2.40. The number of aliphatic carboxylic acids is 1. The number of nitro groups is 1. The zero-order valence-corrected chi connectivity index (χ0v) is 25.3. The van der Waals surface area contributed by atoms with E-state index < -0.39 is 22.8 Å². The van der Waals surface area contributed by atoms with E-state index in [-0.39, 0.29) is 53.7 Å². The molecule has 2 aliphatic heterocycles. The average Bonchev–Trinajstić information content (AvgIpc) is 2.86. The number of non-ortho nitro benzene ring substituents is 1. The van der Waals surface area contributed by atoms with Gasteiger partial charge in [-0.25, -0.2) is 9.59 Å². The van der Waals surface area contributed by atoms with Gasteiger partial charge in [0.05, 0.1) is 28.6 Å². The van der Waals surface area contributed by atoms with Gasteiger partial charge in [-0.1, -0.05) is 32.1 Å². The fourth-order valence-corrected chi connectivity index (χ4v) is 5.17. The fraction of sp³-hybridized carbons (Fsp3) is 0.500. The van der Waals surface area contributed by atoms with Gasteiger partial charge in [-0.15, -0.1) is 31.4 Å². The summed E-state index contributed by atoms with van der Waals surface area (Å²) < 4.78 is 5.84. The number of hydrogen-bond acceptors (Lipinski definition) is 8. The molecule has 10 nitrogen and oxygen atoms in total. The van der Waals surface area contributed by atoms with Crippen LogP contribution in [0.3, 0.4) is 0 Å². The Kier molecular flexibility index (Phi) is 12.8. The Bertz CT molecular complexity index is 1180. The van der Waals surface area contributed by atoms with Crippen LogP contribution in [-0.2, 0) is 14.3 Å².